The molecule has 30 heavy (non-hydrogen) atoms. The lowest BCUT2D eigenvalue weighted by atomic mass is 9.98. The summed E-state index contributed by atoms with van der Waals surface area (Å²) in [5.74, 6) is -1.63. The summed E-state index contributed by atoms with van der Waals surface area (Å²) >= 11 is 0. The summed E-state index contributed by atoms with van der Waals surface area (Å²) in [5, 5.41) is 4.95. The molecule has 0 radical (unpaired) electrons. The SMILES string of the molecule is O=C(NC[C@@H](c1ccco1)N1CCc2ccccc2C1)C(=O)Nc1ccccc1F. The van der Waals surface area contributed by atoms with Crippen LogP contribution in [0.2, 0.25) is 0 Å². The molecule has 6 nitrogen and oxygen atoms in total. The van der Waals surface area contributed by atoms with Gasteiger partial charge in [-0.2, -0.15) is 0 Å². The monoisotopic (exact) mass is 407 g/mol. The molecule has 2 N–H and O–H groups in total. The van der Waals surface area contributed by atoms with Gasteiger partial charge in [-0.25, -0.2) is 4.39 Å². The maximum absolute atomic E-state index is 13.7. The summed E-state index contributed by atoms with van der Waals surface area (Å²) in [6, 6.07) is 17.4. The standard InChI is InChI=1S/C23H22FN3O3/c24-18-8-3-4-9-19(18)26-23(29)22(28)25-14-20(21-10-5-13-30-21)27-12-11-16-6-1-2-7-17(16)15-27/h1-10,13,20H,11-12,14-15H2,(H,25,28)(H,26,29)/t20-/m0/s1. The van der Waals surface area contributed by atoms with Crippen LogP contribution in [0, 0.1) is 5.82 Å². The topological polar surface area (TPSA) is 74.6 Å². The Morgan fingerprint density at radius 3 is 2.53 bits per heavy atom. The van der Waals surface area contributed by atoms with Gasteiger partial charge in [0.1, 0.15) is 11.6 Å². The van der Waals surface area contributed by atoms with Crippen LogP contribution in [-0.2, 0) is 22.6 Å². The Morgan fingerprint density at radius 2 is 1.77 bits per heavy atom. The van der Waals surface area contributed by atoms with E-state index in [1.807, 2.05) is 18.2 Å². The molecule has 0 spiro atoms. The van der Waals surface area contributed by atoms with Crippen molar-refractivity contribution in [2.24, 2.45) is 0 Å². The fraction of sp³-hybridized carbons (Fsp3) is 0.217. The van der Waals surface area contributed by atoms with E-state index in [4.69, 9.17) is 4.42 Å². The van der Waals surface area contributed by atoms with Crippen LogP contribution in [0.25, 0.3) is 0 Å². The van der Waals surface area contributed by atoms with Gasteiger partial charge in [0.05, 0.1) is 18.0 Å². The van der Waals surface area contributed by atoms with Gasteiger partial charge in [0, 0.05) is 19.6 Å². The van der Waals surface area contributed by atoms with E-state index in [1.165, 1.54) is 29.3 Å². The molecule has 1 atom stereocenters. The minimum absolute atomic E-state index is 0.0344. The quantitative estimate of drug-likeness (QED) is 0.637. The maximum atomic E-state index is 13.7. The van der Waals surface area contributed by atoms with Crippen molar-refractivity contribution in [1.82, 2.24) is 10.2 Å². The molecule has 1 aliphatic rings. The highest BCUT2D eigenvalue weighted by molar-refractivity contribution is 6.39. The first-order chi connectivity index (χ1) is 14.6. The summed E-state index contributed by atoms with van der Waals surface area (Å²) in [7, 11) is 0. The summed E-state index contributed by atoms with van der Waals surface area (Å²) in [5.41, 5.74) is 2.53. The van der Waals surface area contributed by atoms with E-state index in [0.29, 0.717) is 5.76 Å². The minimum Gasteiger partial charge on any atom is -0.468 e. The Bertz CT molecular complexity index is 1040. The Labute approximate surface area is 173 Å². The zero-order valence-corrected chi connectivity index (χ0v) is 16.3. The van der Waals surface area contributed by atoms with Crippen molar-refractivity contribution in [3.8, 4) is 0 Å². The van der Waals surface area contributed by atoms with E-state index < -0.39 is 17.6 Å². The molecular formula is C23H22FN3O3. The molecule has 4 rings (SSSR count). The predicted molar refractivity (Wildman–Crippen MR) is 110 cm³/mol. The van der Waals surface area contributed by atoms with Gasteiger partial charge < -0.3 is 15.1 Å². The smallest absolute Gasteiger partial charge is 0.313 e. The van der Waals surface area contributed by atoms with Gasteiger partial charge >= 0.3 is 11.8 Å². The Balaban J connectivity index is 1.43. The largest absolute Gasteiger partial charge is 0.468 e. The fourth-order valence-corrected chi connectivity index (χ4v) is 3.69. The molecule has 0 aliphatic carbocycles. The van der Waals surface area contributed by atoms with Crippen LogP contribution < -0.4 is 10.6 Å². The van der Waals surface area contributed by atoms with Gasteiger partial charge in [-0.15, -0.1) is 0 Å². The highest BCUT2D eigenvalue weighted by Crippen LogP contribution is 2.27. The molecule has 3 aromatic rings. The van der Waals surface area contributed by atoms with Crippen LogP contribution in [0.1, 0.15) is 22.9 Å². The first-order valence-electron chi connectivity index (χ1n) is 9.80. The lowest BCUT2D eigenvalue weighted by molar-refractivity contribution is -0.136. The lowest BCUT2D eigenvalue weighted by Gasteiger charge is -2.34. The minimum atomic E-state index is -0.915. The first-order valence-corrected chi connectivity index (χ1v) is 9.80. The number of hydrogen-bond donors (Lipinski definition) is 2. The second-order valence-corrected chi connectivity index (χ2v) is 7.16. The van der Waals surface area contributed by atoms with Gasteiger partial charge in [-0.1, -0.05) is 36.4 Å². The number of carbonyl (C=O) groups is 2. The van der Waals surface area contributed by atoms with Crippen LogP contribution in [0.15, 0.2) is 71.3 Å². The number of furan rings is 1. The molecule has 1 aliphatic heterocycles. The third-order valence-electron chi connectivity index (χ3n) is 5.26. The average Bonchev–Trinajstić information content (AvgIpc) is 3.30. The molecular weight excluding hydrogens is 385 g/mol. The number of nitrogens with zero attached hydrogens (tertiary/aromatic N) is 1. The molecule has 0 unspecified atom stereocenters. The van der Waals surface area contributed by atoms with Crippen molar-refractivity contribution < 1.29 is 18.4 Å². The van der Waals surface area contributed by atoms with Crippen molar-refractivity contribution in [2.45, 2.75) is 19.0 Å². The predicted octanol–water partition coefficient (Wildman–Crippen LogP) is 3.27. The van der Waals surface area contributed by atoms with E-state index in [1.54, 1.807) is 18.4 Å². The number of nitrogens with one attached hydrogen (secondary N) is 2. The van der Waals surface area contributed by atoms with Gasteiger partial charge in [-0.3, -0.25) is 14.5 Å². The maximum Gasteiger partial charge on any atom is 0.313 e. The van der Waals surface area contributed by atoms with Crippen LogP contribution in [0.3, 0.4) is 0 Å². The van der Waals surface area contributed by atoms with Crippen molar-refractivity contribution in [3.63, 3.8) is 0 Å². The number of para-hydroxylation sites is 1. The first kappa shape index (κ1) is 19.8. The number of rotatable bonds is 5. The molecule has 1 aromatic heterocycles. The molecule has 154 valence electrons. The number of benzene rings is 2. The summed E-state index contributed by atoms with van der Waals surface area (Å²) in [4.78, 5) is 26.7. The van der Waals surface area contributed by atoms with Crippen LogP contribution in [-0.4, -0.2) is 29.8 Å². The molecule has 0 saturated carbocycles. The van der Waals surface area contributed by atoms with Crippen LogP contribution in [0.4, 0.5) is 10.1 Å². The fourth-order valence-electron chi connectivity index (χ4n) is 3.69. The van der Waals surface area contributed by atoms with E-state index in [2.05, 4.69) is 27.7 Å². The Morgan fingerprint density at radius 1 is 1.00 bits per heavy atom. The van der Waals surface area contributed by atoms with Crippen LogP contribution in [0.5, 0.6) is 0 Å². The van der Waals surface area contributed by atoms with E-state index >= 15 is 0 Å². The number of halogens is 1. The highest BCUT2D eigenvalue weighted by atomic mass is 19.1. The molecule has 0 fully saturated rings. The van der Waals surface area contributed by atoms with Gasteiger partial charge in [0.25, 0.3) is 0 Å². The molecule has 2 heterocycles. The van der Waals surface area contributed by atoms with Crippen molar-refractivity contribution >= 4 is 17.5 Å². The van der Waals surface area contributed by atoms with E-state index in [9.17, 15) is 14.0 Å². The number of fused-ring (bicyclic) bond motifs is 1. The zero-order chi connectivity index (χ0) is 20.9. The molecule has 0 saturated heterocycles. The molecule has 2 aromatic carbocycles. The van der Waals surface area contributed by atoms with Crippen molar-refractivity contribution in [1.29, 1.82) is 0 Å². The molecule has 0 bridgehead atoms. The Hall–Kier alpha value is -3.45. The summed E-state index contributed by atoms with van der Waals surface area (Å²) in [6.45, 7) is 1.72. The average molecular weight is 407 g/mol. The second kappa shape index (κ2) is 8.92. The number of amides is 2. The van der Waals surface area contributed by atoms with E-state index in [0.717, 1.165) is 19.5 Å². The summed E-state index contributed by atoms with van der Waals surface area (Å²) in [6.07, 6.45) is 2.49. The van der Waals surface area contributed by atoms with Crippen LogP contribution >= 0.6 is 0 Å². The normalized spacial score (nSPS) is 14.6. The third-order valence-corrected chi connectivity index (χ3v) is 5.26. The molecule has 2 amide bonds. The third kappa shape index (κ3) is 4.41. The number of hydrogen-bond acceptors (Lipinski definition) is 4. The second-order valence-electron chi connectivity index (χ2n) is 7.16. The van der Waals surface area contributed by atoms with Crippen molar-refractivity contribution in [2.75, 3.05) is 18.4 Å². The van der Waals surface area contributed by atoms with Gasteiger partial charge in [-0.05, 0) is 41.8 Å². The Kier molecular flexibility index (Phi) is 5.90. The molecule has 7 heteroatoms. The van der Waals surface area contributed by atoms with Gasteiger partial charge in [0.15, 0.2) is 0 Å². The van der Waals surface area contributed by atoms with E-state index in [-0.39, 0.29) is 18.3 Å². The number of anilines is 1. The summed E-state index contributed by atoms with van der Waals surface area (Å²) < 4.78 is 19.3. The van der Waals surface area contributed by atoms with Crippen molar-refractivity contribution in [3.05, 3.63) is 89.6 Å². The van der Waals surface area contributed by atoms with Gasteiger partial charge in [0.2, 0.25) is 0 Å². The number of carbonyl (C=O) groups excluding carboxylic acids is 2. The zero-order valence-electron chi connectivity index (χ0n) is 16.3. The lowest BCUT2D eigenvalue weighted by Crippen LogP contribution is -2.43. The highest BCUT2D eigenvalue weighted by Gasteiger charge is 2.28.